The van der Waals surface area contributed by atoms with Crippen LogP contribution in [0.4, 0.5) is 8.78 Å². The molecule has 142 valence electrons. The molecule has 0 bridgehead atoms. The van der Waals surface area contributed by atoms with Crippen LogP contribution in [0.2, 0.25) is 0 Å². The Labute approximate surface area is 163 Å². The van der Waals surface area contributed by atoms with Crippen molar-refractivity contribution < 1.29 is 13.6 Å². The van der Waals surface area contributed by atoms with Crippen molar-refractivity contribution >= 4 is 28.3 Å². The molecule has 5 nitrogen and oxygen atoms in total. The fraction of sp³-hybridized carbons (Fsp3) is 0.150. The molecule has 0 saturated carbocycles. The molecule has 0 fully saturated rings. The Balaban J connectivity index is 1.61. The van der Waals surface area contributed by atoms with Crippen molar-refractivity contribution in [2.24, 2.45) is 0 Å². The number of imidazole rings is 1. The molecule has 1 N–H and O–H groups in total. The normalized spacial score (nSPS) is 12.2. The van der Waals surface area contributed by atoms with Crippen molar-refractivity contribution in [1.82, 2.24) is 19.9 Å². The second-order valence-electron chi connectivity index (χ2n) is 6.34. The highest BCUT2D eigenvalue weighted by Crippen LogP contribution is 2.25. The van der Waals surface area contributed by atoms with Crippen LogP contribution in [0.25, 0.3) is 22.6 Å². The highest BCUT2D eigenvalue weighted by molar-refractivity contribution is 7.07. The molecule has 0 aliphatic heterocycles. The van der Waals surface area contributed by atoms with Gasteiger partial charge in [-0.3, -0.25) is 4.79 Å². The van der Waals surface area contributed by atoms with Gasteiger partial charge in [-0.2, -0.15) is 0 Å². The van der Waals surface area contributed by atoms with E-state index < -0.39 is 17.7 Å². The van der Waals surface area contributed by atoms with Gasteiger partial charge in [0.15, 0.2) is 5.82 Å². The van der Waals surface area contributed by atoms with Gasteiger partial charge in [0.05, 0.1) is 22.6 Å². The molecular weight excluding hydrogens is 382 g/mol. The zero-order valence-corrected chi connectivity index (χ0v) is 15.7. The highest BCUT2D eigenvalue weighted by atomic mass is 32.1. The summed E-state index contributed by atoms with van der Waals surface area (Å²) in [5, 5.41) is 4.63. The molecule has 1 amide bonds. The maximum atomic E-state index is 14.0. The first kappa shape index (κ1) is 18.2. The third kappa shape index (κ3) is 3.50. The highest BCUT2D eigenvalue weighted by Gasteiger charge is 2.19. The number of aromatic nitrogens is 3. The SMILES string of the molecule is CC(NC(=O)Cn1c(-c2cscn2)nc2ccccc21)c1ccc(F)cc1F. The summed E-state index contributed by atoms with van der Waals surface area (Å²) in [5.41, 5.74) is 4.19. The molecule has 1 unspecified atom stereocenters. The number of hydrogen-bond acceptors (Lipinski definition) is 4. The van der Waals surface area contributed by atoms with Crippen LogP contribution in [0, 0.1) is 11.6 Å². The Hall–Kier alpha value is -3.13. The van der Waals surface area contributed by atoms with Crippen molar-refractivity contribution in [3.8, 4) is 11.5 Å². The van der Waals surface area contributed by atoms with Crippen molar-refractivity contribution in [1.29, 1.82) is 0 Å². The number of nitrogens with zero attached hydrogens (tertiary/aromatic N) is 3. The minimum atomic E-state index is -0.691. The van der Waals surface area contributed by atoms with E-state index in [1.54, 1.807) is 17.0 Å². The number of nitrogens with one attached hydrogen (secondary N) is 1. The molecule has 0 aliphatic rings. The number of thiazole rings is 1. The largest absolute Gasteiger partial charge is 0.348 e. The summed E-state index contributed by atoms with van der Waals surface area (Å²) in [6.45, 7) is 1.65. The standard InChI is InChI=1S/C20H16F2N4OS/c1-12(14-7-6-13(21)8-15(14)22)24-19(27)9-26-18-5-3-2-4-16(18)25-20(26)17-10-28-11-23-17/h2-8,10-12H,9H2,1H3,(H,24,27). The molecular formula is C20H16F2N4OS. The molecule has 8 heteroatoms. The molecule has 2 heterocycles. The van der Waals surface area contributed by atoms with E-state index in [0.29, 0.717) is 11.5 Å². The van der Waals surface area contributed by atoms with E-state index in [1.807, 2.05) is 29.6 Å². The number of carbonyl (C=O) groups excluding carboxylic acids is 1. The van der Waals surface area contributed by atoms with Gasteiger partial charge in [-0.15, -0.1) is 11.3 Å². The molecule has 0 aliphatic carbocycles. The van der Waals surface area contributed by atoms with E-state index in [9.17, 15) is 13.6 Å². The zero-order chi connectivity index (χ0) is 19.7. The smallest absolute Gasteiger partial charge is 0.240 e. The van der Waals surface area contributed by atoms with E-state index in [2.05, 4.69) is 15.3 Å². The van der Waals surface area contributed by atoms with Gasteiger partial charge in [0.25, 0.3) is 0 Å². The average Bonchev–Trinajstić information content (AvgIpc) is 3.30. The first-order valence-electron chi connectivity index (χ1n) is 8.61. The summed E-state index contributed by atoms with van der Waals surface area (Å²) in [6, 6.07) is 10.2. The molecule has 0 spiro atoms. The Morgan fingerprint density at radius 1 is 1.25 bits per heavy atom. The van der Waals surface area contributed by atoms with Crippen molar-refractivity contribution in [3.05, 3.63) is 70.6 Å². The predicted octanol–water partition coefficient (Wildman–Crippen LogP) is 4.32. The number of fused-ring (bicyclic) bond motifs is 1. The minimum Gasteiger partial charge on any atom is -0.348 e. The molecule has 28 heavy (non-hydrogen) atoms. The van der Waals surface area contributed by atoms with Gasteiger partial charge in [-0.1, -0.05) is 18.2 Å². The zero-order valence-electron chi connectivity index (χ0n) is 14.9. The number of carbonyl (C=O) groups is 1. The number of para-hydroxylation sites is 2. The summed E-state index contributed by atoms with van der Waals surface area (Å²) in [4.78, 5) is 21.6. The fourth-order valence-electron chi connectivity index (χ4n) is 3.12. The number of rotatable bonds is 5. The molecule has 0 saturated heterocycles. The number of hydrogen-bond donors (Lipinski definition) is 1. The van der Waals surface area contributed by atoms with E-state index >= 15 is 0 Å². The lowest BCUT2D eigenvalue weighted by Gasteiger charge is -2.16. The maximum absolute atomic E-state index is 14.0. The van der Waals surface area contributed by atoms with E-state index in [1.165, 1.54) is 23.5 Å². The number of benzene rings is 2. The molecule has 0 radical (unpaired) electrons. The lowest BCUT2D eigenvalue weighted by Crippen LogP contribution is -2.30. The topological polar surface area (TPSA) is 59.8 Å². The lowest BCUT2D eigenvalue weighted by molar-refractivity contribution is -0.122. The number of amides is 1. The lowest BCUT2D eigenvalue weighted by atomic mass is 10.1. The van der Waals surface area contributed by atoms with Crippen molar-refractivity contribution in [2.75, 3.05) is 0 Å². The van der Waals surface area contributed by atoms with Gasteiger partial charge < -0.3 is 9.88 Å². The monoisotopic (exact) mass is 398 g/mol. The second kappa shape index (κ2) is 7.47. The Morgan fingerprint density at radius 2 is 2.07 bits per heavy atom. The summed E-state index contributed by atoms with van der Waals surface area (Å²) >= 11 is 1.45. The van der Waals surface area contributed by atoms with Crippen molar-refractivity contribution in [2.45, 2.75) is 19.5 Å². The van der Waals surface area contributed by atoms with Crippen LogP contribution in [0.3, 0.4) is 0 Å². The van der Waals surface area contributed by atoms with Gasteiger partial charge in [-0.25, -0.2) is 18.7 Å². The molecule has 4 aromatic rings. The van der Waals surface area contributed by atoms with Gasteiger partial charge in [0, 0.05) is 17.0 Å². The first-order chi connectivity index (χ1) is 13.5. The van der Waals surface area contributed by atoms with Crippen LogP contribution in [-0.4, -0.2) is 20.4 Å². The Bertz CT molecular complexity index is 1140. The number of halogens is 2. The summed E-state index contributed by atoms with van der Waals surface area (Å²) in [7, 11) is 0. The van der Waals surface area contributed by atoms with Crippen molar-refractivity contribution in [3.63, 3.8) is 0 Å². The summed E-state index contributed by atoms with van der Waals surface area (Å²) in [5.74, 6) is -1.06. The minimum absolute atomic E-state index is 0.000523. The van der Waals surface area contributed by atoms with Crippen LogP contribution in [0.15, 0.2) is 53.4 Å². The van der Waals surface area contributed by atoms with Crippen LogP contribution in [0.5, 0.6) is 0 Å². The van der Waals surface area contributed by atoms with Crippen LogP contribution in [-0.2, 0) is 11.3 Å². The van der Waals surface area contributed by atoms with Crippen LogP contribution < -0.4 is 5.32 Å². The Kier molecular flexibility index (Phi) is 4.87. The van der Waals surface area contributed by atoms with Gasteiger partial charge in [0.1, 0.15) is 23.9 Å². The molecule has 2 aromatic heterocycles. The van der Waals surface area contributed by atoms with Gasteiger partial charge >= 0.3 is 0 Å². The maximum Gasteiger partial charge on any atom is 0.240 e. The van der Waals surface area contributed by atoms with Gasteiger partial charge in [0.2, 0.25) is 5.91 Å². The molecule has 2 aromatic carbocycles. The van der Waals surface area contributed by atoms with Crippen LogP contribution >= 0.6 is 11.3 Å². The fourth-order valence-corrected chi connectivity index (χ4v) is 3.65. The first-order valence-corrected chi connectivity index (χ1v) is 9.55. The predicted molar refractivity (Wildman–Crippen MR) is 104 cm³/mol. The third-order valence-electron chi connectivity index (χ3n) is 4.42. The summed E-state index contributed by atoms with van der Waals surface area (Å²) < 4.78 is 28.9. The van der Waals surface area contributed by atoms with E-state index in [4.69, 9.17) is 0 Å². The van der Waals surface area contributed by atoms with Gasteiger partial charge in [-0.05, 0) is 25.1 Å². The quantitative estimate of drug-likeness (QED) is 0.545. The van der Waals surface area contributed by atoms with Crippen LogP contribution in [0.1, 0.15) is 18.5 Å². The Morgan fingerprint density at radius 3 is 2.82 bits per heavy atom. The van der Waals surface area contributed by atoms with E-state index in [0.717, 1.165) is 17.1 Å². The third-order valence-corrected chi connectivity index (χ3v) is 5.01. The summed E-state index contributed by atoms with van der Waals surface area (Å²) in [6.07, 6.45) is 0. The molecule has 1 atom stereocenters. The second-order valence-corrected chi connectivity index (χ2v) is 7.06. The van der Waals surface area contributed by atoms with E-state index in [-0.39, 0.29) is 18.0 Å². The molecule has 4 rings (SSSR count). The average molecular weight is 398 g/mol.